The molecule has 7 nitrogen and oxygen atoms in total. The van der Waals surface area contributed by atoms with Gasteiger partial charge in [0.25, 0.3) is 0 Å². The third kappa shape index (κ3) is 4.05. The summed E-state index contributed by atoms with van der Waals surface area (Å²) in [7, 11) is 1.69. The lowest BCUT2D eigenvalue weighted by Gasteiger charge is -2.25. The molecule has 3 heterocycles. The van der Waals surface area contributed by atoms with Gasteiger partial charge in [-0.05, 0) is 37.5 Å². The van der Waals surface area contributed by atoms with Gasteiger partial charge in [0.05, 0.1) is 7.11 Å². The maximum atomic E-state index is 6.02. The van der Waals surface area contributed by atoms with E-state index in [1.54, 1.807) is 7.11 Å². The van der Waals surface area contributed by atoms with Crippen molar-refractivity contribution in [1.82, 2.24) is 19.8 Å². The van der Waals surface area contributed by atoms with E-state index in [2.05, 4.69) is 32.8 Å². The smallest absolute Gasteiger partial charge is 0.219 e. The standard InChI is InChI=1S/C21H29N5O2/c1-15-3-4-19(20(11-15)27-2)28-10-9-25-7-5-18-17(25)6-8-26(18)14-16-12-23-21(22)24-13-16/h3-4,11-13,17-18H,5-10,14H2,1-2H3,(H2,22,23,24)/t17-,18-/m0/s1. The van der Waals surface area contributed by atoms with Crippen molar-refractivity contribution in [3.63, 3.8) is 0 Å². The number of rotatable bonds is 7. The summed E-state index contributed by atoms with van der Waals surface area (Å²) < 4.78 is 11.5. The Balaban J connectivity index is 1.29. The van der Waals surface area contributed by atoms with Gasteiger partial charge in [-0.2, -0.15) is 0 Å². The number of fused-ring (bicyclic) bond motifs is 1. The summed E-state index contributed by atoms with van der Waals surface area (Å²) >= 11 is 0. The lowest BCUT2D eigenvalue weighted by Crippen LogP contribution is -2.38. The minimum Gasteiger partial charge on any atom is -0.493 e. The van der Waals surface area contributed by atoms with E-state index in [1.807, 2.05) is 24.5 Å². The Morgan fingerprint density at radius 1 is 1.07 bits per heavy atom. The predicted octanol–water partition coefficient (Wildman–Crippen LogP) is 2.10. The number of anilines is 1. The highest BCUT2D eigenvalue weighted by molar-refractivity contribution is 5.42. The summed E-state index contributed by atoms with van der Waals surface area (Å²) in [5.74, 6) is 1.96. The third-order valence-electron chi connectivity index (χ3n) is 5.87. The molecule has 28 heavy (non-hydrogen) atoms. The van der Waals surface area contributed by atoms with Gasteiger partial charge in [-0.25, -0.2) is 9.97 Å². The van der Waals surface area contributed by atoms with Crippen LogP contribution in [-0.4, -0.2) is 65.2 Å². The highest BCUT2D eigenvalue weighted by Gasteiger charge is 2.41. The predicted molar refractivity (Wildman–Crippen MR) is 108 cm³/mol. The first kappa shape index (κ1) is 19.0. The van der Waals surface area contributed by atoms with Crippen molar-refractivity contribution in [2.45, 2.75) is 38.4 Å². The second kappa shape index (κ2) is 8.32. The van der Waals surface area contributed by atoms with Gasteiger partial charge in [-0.15, -0.1) is 0 Å². The summed E-state index contributed by atoms with van der Waals surface area (Å²) in [5, 5.41) is 0. The fourth-order valence-electron chi connectivity index (χ4n) is 4.49. The molecule has 1 aromatic carbocycles. The Kier molecular flexibility index (Phi) is 5.64. The summed E-state index contributed by atoms with van der Waals surface area (Å²) in [6.45, 7) is 6.80. The van der Waals surface area contributed by atoms with Crippen molar-refractivity contribution < 1.29 is 9.47 Å². The maximum absolute atomic E-state index is 6.02. The van der Waals surface area contributed by atoms with Crippen molar-refractivity contribution in [2.24, 2.45) is 0 Å². The molecule has 0 spiro atoms. The first-order valence-corrected chi connectivity index (χ1v) is 9.96. The van der Waals surface area contributed by atoms with Gasteiger partial charge < -0.3 is 15.2 Å². The lowest BCUT2D eigenvalue weighted by molar-refractivity contribution is 0.183. The number of aryl methyl sites for hydroxylation is 1. The summed E-state index contributed by atoms with van der Waals surface area (Å²) in [6, 6.07) is 7.27. The van der Waals surface area contributed by atoms with Crippen molar-refractivity contribution in [3.05, 3.63) is 41.7 Å². The molecule has 2 aliphatic rings. The Morgan fingerprint density at radius 3 is 2.54 bits per heavy atom. The zero-order chi connectivity index (χ0) is 19.5. The highest BCUT2D eigenvalue weighted by atomic mass is 16.5. The molecule has 2 N–H and O–H groups in total. The summed E-state index contributed by atoms with van der Waals surface area (Å²) in [4.78, 5) is 13.4. The number of benzene rings is 1. The van der Waals surface area contributed by atoms with Crippen LogP contribution in [0.1, 0.15) is 24.0 Å². The zero-order valence-corrected chi connectivity index (χ0v) is 16.7. The average molecular weight is 383 g/mol. The van der Waals surface area contributed by atoms with Crippen LogP contribution in [0.4, 0.5) is 5.95 Å². The molecular weight excluding hydrogens is 354 g/mol. The molecule has 150 valence electrons. The van der Waals surface area contributed by atoms with E-state index in [0.717, 1.165) is 43.2 Å². The van der Waals surface area contributed by atoms with Crippen LogP contribution in [0, 0.1) is 6.92 Å². The second-order valence-electron chi connectivity index (χ2n) is 7.67. The van der Waals surface area contributed by atoms with Crippen LogP contribution in [-0.2, 0) is 6.54 Å². The first-order chi connectivity index (χ1) is 13.6. The number of likely N-dealkylation sites (tertiary alicyclic amines) is 2. The van der Waals surface area contributed by atoms with Crippen molar-refractivity contribution in [2.75, 3.05) is 39.1 Å². The molecule has 1 aromatic heterocycles. The van der Waals surface area contributed by atoms with E-state index < -0.39 is 0 Å². The van der Waals surface area contributed by atoms with Gasteiger partial charge in [0.1, 0.15) is 6.61 Å². The van der Waals surface area contributed by atoms with Gasteiger partial charge in [0.2, 0.25) is 5.95 Å². The summed E-state index contributed by atoms with van der Waals surface area (Å²) in [5.41, 5.74) is 7.89. The molecule has 2 saturated heterocycles. The summed E-state index contributed by atoms with van der Waals surface area (Å²) in [6.07, 6.45) is 6.08. The van der Waals surface area contributed by atoms with Crippen LogP contribution in [0.5, 0.6) is 11.5 Å². The SMILES string of the molecule is COc1cc(C)ccc1OCCN1CC[C@H]2[C@@H]1CCN2Cc1cnc(N)nc1. The largest absolute Gasteiger partial charge is 0.493 e. The van der Waals surface area contributed by atoms with Crippen molar-refractivity contribution >= 4 is 5.95 Å². The molecule has 0 saturated carbocycles. The van der Waals surface area contributed by atoms with Gasteiger partial charge >= 0.3 is 0 Å². The number of methoxy groups -OCH3 is 1. The van der Waals surface area contributed by atoms with E-state index in [0.29, 0.717) is 24.6 Å². The van der Waals surface area contributed by atoms with Crippen LogP contribution < -0.4 is 15.2 Å². The zero-order valence-electron chi connectivity index (χ0n) is 16.7. The number of nitrogen functional groups attached to an aromatic ring is 1. The van der Waals surface area contributed by atoms with Crippen molar-refractivity contribution in [3.8, 4) is 11.5 Å². The van der Waals surface area contributed by atoms with E-state index in [1.165, 1.54) is 18.4 Å². The van der Waals surface area contributed by atoms with Crippen LogP contribution >= 0.6 is 0 Å². The number of hydrogen-bond acceptors (Lipinski definition) is 7. The number of ether oxygens (including phenoxy) is 2. The minimum atomic E-state index is 0.334. The normalized spacial score (nSPS) is 22.4. The molecule has 4 rings (SSSR count). The van der Waals surface area contributed by atoms with Gasteiger partial charge in [-0.3, -0.25) is 9.80 Å². The van der Waals surface area contributed by atoms with Gasteiger partial charge in [0.15, 0.2) is 11.5 Å². The number of hydrogen-bond donors (Lipinski definition) is 1. The molecule has 7 heteroatoms. The molecule has 0 amide bonds. The first-order valence-electron chi connectivity index (χ1n) is 9.96. The monoisotopic (exact) mass is 383 g/mol. The van der Waals surface area contributed by atoms with Crippen LogP contribution in [0.2, 0.25) is 0 Å². The molecule has 0 aliphatic carbocycles. The number of aromatic nitrogens is 2. The Bertz CT molecular complexity index is 798. The molecule has 2 fully saturated rings. The molecular formula is C21H29N5O2. The van der Waals surface area contributed by atoms with Crippen LogP contribution in [0.3, 0.4) is 0 Å². The topological polar surface area (TPSA) is 76.7 Å². The highest BCUT2D eigenvalue weighted by Crippen LogP contribution is 2.33. The number of nitrogens with zero attached hydrogens (tertiary/aromatic N) is 4. The fraction of sp³-hybridized carbons (Fsp3) is 0.524. The second-order valence-corrected chi connectivity index (χ2v) is 7.67. The Labute approximate surface area is 166 Å². The molecule has 2 aliphatic heterocycles. The average Bonchev–Trinajstić information content (AvgIpc) is 3.28. The minimum absolute atomic E-state index is 0.334. The quantitative estimate of drug-likeness (QED) is 0.785. The Morgan fingerprint density at radius 2 is 1.79 bits per heavy atom. The molecule has 0 radical (unpaired) electrons. The molecule has 0 bridgehead atoms. The third-order valence-corrected chi connectivity index (χ3v) is 5.87. The van der Waals surface area contributed by atoms with Crippen molar-refractivity contribution in [1.29, 1.82) is 0 Å². The van der Waals surface area contributed by atoms with E-state index in [9.17, 15) is 0 Å². The lowest BCUT2D eigenvalue weighted by atomic mass is 10.1. The Hall–Kier alpha value is -2.38. The maximum Gasteiger partial charge on any atom is 0.219 e. The van der Waals surface area contributed by atoms with Gasteiger partial charge in [0, 0.05) is 56.2 Å². The van der Waals surface area contributed by atoms with Crippen LogP contribution in [0.15, 0.2) is 30.6 Å². The molecule has 0 unspecified atom stereocenters. The molecule has 2 aromatic rings. The fourth-order valence-corrected chi connectivity index (χ4v) is 4.49. The van der Waals surface area contributed by atoms with E-state index >= 15 is 0 Å². The van der Waals surface area contributed by atoms with Crippen LogP contribution in [0.25, 0.3) is 0 Å². The van der Waals surface area contributed by atoms with E-state index in [-0.39, 0.29) is 0 Å². The van der Waals surface area contributed by atoms with Gasteiger partial charge in [-0.1, -0.05) is 6.07 Å². The van der Waals surface area contributed by atoms with E-state index in [4.69, 9.17) is 15.2 Å². The molecule has 2 atom stereocenters. The number of nitrogens with two attached hydrogens (primary N) is 1.